The highest BCUT2D eigenvalue weighted by atomic mass is 32.2. The van der Waals surface area contributed by atoms with Gasteiger partial charge in [0.2, 0.25) is 0 Å². The number of azo groups is 3. The number of benzene rings is 7. The fourth-order valence-corrected chi connectivity index (χ4v) is 7.59. The molecule has 20 nitrogen and oxygen atoms in total. The van der Waals surface area contributed by atoms with Crippen LogP contribution in [0.25, 0.3) is 10.8 Å². The van der Waals surface area contributed by atoms with Crippen LogP contribution in [0.3, 0.4) is 0 Å². The van der Waals surface area contributed by atoms with Crippen LogP contribution in [-0.4, -0.2) is 54.2 Å². The minimum Gasteiger partial charge on any atom is -0.507 e. The lowest BCUT2D eigenvalue weighted by Gasteiger charge is -2.11. The largest absolute Gasteiger partial charge is 0.507 e. The molecule has 0 amide bonds. The molecule has 7 rings (SSSR count). The first kappa shape index (κ1) is 43.4. The minimum atomic E-state index is -5.02. The summed E-state index contributed by atoms with van der Waals surface area (Å²) < 4.78 is 102. The number of hydrogen-bond acceptors (Lipinski definition) is 17. The number of rotatable bonds is 13. The van der Waals surface area contributed by atoms with Crippen molar-refractivity contribution in [3.05, 3.63) is 133 Å². The van der Waals surface area contributed by atoms with Gasteiger partial charge >= 0.3 is 0 Å². The van der Waals surface area contributed by atoms with Crippen LogP contribution in [0.2, 0.25) is 0 Å². The molecule has 0 saturated carbocycles. The van der Waals surface area contributed by atoms with Gasteiger partial charge in [-0.3, -0.25) is 13.7 Å². The van der Waals surface area contributed by atoms with Crippen molar-refractivity contribution in [3.8, 4) is 17.2 Å². The monoisotopic (exact) mass is 910 g/mol. The van der Waals surface area contributed by atoms with Crippen LogP contribution in [0.15, 0.2) is 179 Å². The number of anilines is 4. The van der Waals surface area contributed by atoms with Gasteiger partial charge in [-0.2, -0.15) is 35.5 Å². The van der Waals surface area contributed by atoms with Gasteiger partial charge in [0.25, 0.3) is 30.4 Å². The lowest BCUT2D eigenvalue weighted by Crippen LogP contribution is -2.03. The molecule has 0 atom stereocenters. The van der Waals surface area contributed by atoms with Gasteiger partial charge in [-0.1, -0.05) is 36.4 Å². The molecule has 0 bridgehead atoms. The van der Waals surface area contributed by atoms with E-state index in [-0.39, 0.29) is 27.8 Å². The number of nitrogens with one attached hydrogen (secondary N) is 2. The number of hydrogen-bond donors (Lipinski definition) is 8. The van der Waals surface area contributed by atoms with Crippen molar-refractivity contribution < 1.29 is 54.2 Å². The summed E-state index contributed by atoms with van der Waals surface area (Å²) in [5, 5.41) is 63.0. The van der Waals surface area contributed by atoms with E-state index in [9.17, 15) is 54.2 Å². The SMILES string of the molecule is O=S(=O)(O)c1cc(O)c2c(N=Nc3c(O)c(N=Nc4ccc(Nc5ccccc5)cc4)cc(N=Nc4ccc(Nc5ccccc5)c(S(=O)(=O)O)c4)c3O)cc(S(=O)(=O)O)cc2c1. The Hall–Kier alpha value is -7.67. The summed E-state index contributed by atoms with van der Waals surface area (Å²) >= 11 is 0. The maximum atomic E-state index is 12.4. The van der Waals surface area contributed by atoms with Crippen LogP contribution < -0.4 is 10.6 Å². The third-order valence-electron chi connectivity index (χ3n) is 8.79. The highest BCUT2D eigenvalue weighted by Crippen LogP contribution is 2.51. The van der Waals surface area contributed by atoms with Crippen LogP contribution in [0.1, 0.15) is 0 Å². The minimum absolute atomic E-state index is 0.00440. The van der Waals surface area contributed by atoms with Crippen LogP contribution in [0, 0.1) is 0 Å². The molecular weight excluding hydrogens is 881 g/mol. The zero-order chi connectivity index (χ0) is 45.1. The fourth-order valence-electron chi connectivity index (χ4n) is 5.86. The van der Waals surface area contributed by atoms with E-state index < -0.39 is 79.4 Å². The smallest absolute Gasteiger partial charge is 0.296 e. The summed E-state index contributed by atoms with van der Waals surface area (Å²) in [5.74, 6) is -2.61. The lowest BCUT2D eigenvalue weighted by atomic mass is 10.1. The van der Waals surface area contributed by atoms with Crippen molar-refractivity contribution in [1.29, 1.82) is 0 Å². The van der Waals surface area contributed by atoms with E-state index in [2.05, 4.69) is 41.3 Å². The number of phenolic OH excluding ortho intramolecular Hbond substituents is 3. The molecule has 7 aromatic rings. The molecule has 0 aliphatic heterocycles. The van der Waals surface area contributed by atoms with Gasteiger partial charge in [0.05, 0.1) is 37.9 Å². The highest BCUT2D eigenvalue weighted by Gasteiger charge is 2.23. The van der Waals surface area contributed by atoms with Crippen molar-refractivity contribution >= 4 is 98.0 Å². The summed E-state index contributed by atoms with van der Waals surface area (Å²) in [5.41, 5.74) is 0.0256. The zero-order valence-corrected chi connectivity index (χ0v) is 34.2. The van der Waals surface area contributed by atoms with Crippen molar-refractivity contribution in [2.75, 3.05) is 10.6 Å². The Morgan fingerprint density at radius 1 is 0.429 bits per heavy atom. The summed E-state index contributed by atoms with van der Waals surface area (Å²) in [7, 11) is -14.8. The molecule has 0 aromatic heterocycles. The first-order valence-electron chi connectivity index (χ1n) is 17.8. The van der Waals surface area contributed by atoms with Crippen molar-refractivity contribution in [3.63, 3.8) is 0 Å². The molecule has 8 N–H and O–H groups in total. The molecular formula is C40H30N8O12S3. The quantitative estimate of drug-likeness (QED) is 0.0394. The Kier molecular flexibility index (Phi) is 12.0. The van der Waals surface area contributed by atoms with E-state index in [0.29, 0.717) is 23.1 Å². The number of nitrogens with zero attached hydrogens (tertiary/aromatic N) is 6. The first-order valence-corrected chi connectivity index (χ1v) is 22.1. The van der Waals surface area contributed by atoms with E-state index in [4.69, 9.17) is 0 Å². The van der Waals surface area contributed by atoms with Gasteiger partial charge in [0.15, 0.2) is 17.2 Å². The predicted octanol–water partition coefficient (Wildman–Crippen LogP) is 10.4. The molecule has 0 spiro atoms. The molecule has 63 heavy (non-hydrogen) atoms. The maximum Gasteiger partial charge on any atom is 0.296 e. The van der Waals surface area contributed by atoms with Gasteiger partial charge < -0.3 is 26.0 Å². The molecule has 0 radical (unpaired) electrons. The molecule has 0 heterocycles. The molecule has 320 valence electrons. The van der Waals surface area contributed by atoms with E-state index >= 15 is 0 Å². The number of phenols is 3. The van der Waals surface area contributed by atoms with Gasteiger partial charge in [0, 0.05) is 29.2 Å². The molecule has 23 heteroatoms. The van der Waals surface area contributed by atoms with Gasteiger partial charge in [-0.05, 0) is 90.3 Å². The highest BCUT2D eigenvalue weighted by molar-refractivity contribution is 7.86. The third kappa shape index (κ3) is 10.3. The van der Waals surface area contributed by atoms with Gasteiger partial charge in [-0.15, -0.1) is 20.5 Å². The van der Waals surface area contributed by atoms with Crippen molar-refractivity contribution in [2.24, 2.45) is 30.7 Å². The van der Waals surface area contributed by atoms with E-state index in [0.717, 1.165) is 36.0 Å². The van der Waals surface area contributed by atoms with Crippen LogP contribution >= 0.6 is 0 Å². The fraction of sp³-hybridized carbons (Fsp3) is 0. The second-order valence-corrected chi connectivity index (χ2v) is 17.4. The Morgan fingerprint density at radius 3 is 1.48 bits per heavy atom. The summed E-state index contributed by atoms with van der Waals surface area (Å²) in [6.07, 6.45) is 0. The lowest BCUT2D eigenvalue weighted by molar-refractivity contribution is 0.454. The van der Waals surface area contributed by atoms with Gasteiger partial charge in [0.1, 0.15) is 22.0 Å². The molecule has 0 aliphatic rings. The van der Waals surface area contributed by atoms with Crippen LogP contribution in [0.5, 0.6) is 17.2 Å². The molecule has 0 fully saturated rings. The summed E-state index contributed by atoms with van der Waals surface area (Å²) in [6, 6.07) is 32.0. The third-order valence-corrected chi connectivity index (χ3v) is 11.3. The summed E-state index contributed by atoms with van der Waals surface area (Å²) in [6.45, 7) is 0. The average molecular weight is 911 g/mol. The summed E-state index contributed by atoms with van der Waals surface area (Å²) in [4.78, 5) is -2.25. The maximum absolute atomic E-state index is 12.4. The first-order chi connectivity index (χ1) is 29.8. The Labute approximate surface area is 357 Å². The molecule has 7 aromatic carbocycles. The Bertz CT molecular complexity index is 3330. The van der Waals surface area contributed by atoms with E-state index in [1.165, 1.54) is 12.1 Å². The van der Waals surface area contributed by atoms with E-state index in [1.807, 2.05) is 30.3 Å². The topological polar surface area (TPSA) is 322 Å². The standard InChI is InChI=1S/C40H30N8O12S3/c49-35-21-30(62(55,56)57)18-23-17-29(61(52,53)54)20-32(37(23)35)45-48-38-39(50)33(46-43-27-13-11-26(12-14-27)41-24-7-3-1-4-8-24)22-34(40(38)51)47-44-28-15-16-31(36(19-28)63(58,59)60)42-25-9-5-2-6-10-25/h1-22,41-42,49-51H,(H,52,53,54)(H,55,56,57)(H,58,59,60). The second kappa shape index (κ2) is 17.4. The zero-order valence-electron chi connectivity index (χ0n) is 31.7. The molecule has 0 aliphatic carbocycles. The van der Waals surface area contributed by atoms with Gasteiger partial charge in [-0.25, -0.2) is 0 Å². The Balaban J connectivity index is 1.33. The number of aromatic hydroxyl groups is 3. The normalized spacial score (nSPS) is 12.4. The second-order valence-electron chi connectivity index (χ2n) is 13.2. The van der Waals surface area contributed by atoms with Crippen molar-refractivity contribution in [1.82, 2.24) is 0 Å². The molecule has 0 saturated heterocycles. The predicted molar refractivity (Wildman–Crippen MR) is 230 cm³/mol. The number of para-hydroxylation sites is 2. The van der Waals surface area contributed by atoms with E-state index in [1.54, 1.807) is 54.6 Å². The Morgan fingerprint density at radius 2 is 0.921 bits per heavy atom. The van der Waals surface area contributed by atoms with Crippen LogP contribution in [-0.2, 0) is 30.4 Å². The average Bonchev–Trinajstić information content (AvgIpc) is 3.23. The van der Waals surface area contributed by atoms with Crippen molar-refractivity contribution in [2.45, 2.75) is 14.7 Å². The van der Waals surface area contributed by atoms with Crippen LogP contribution in [0.4, 0.5) is 56.9 Å². The molecule has 0 unspecified atom stereocenters. The number of fused-ring (bicyclic) bond motifs is 1.